The molecule has 0 saturated heterocycles. The smallest absolute Gasteiger partial charge is 0.444 e. The van der Waals surface area contributed by atoms with Gasteiger partial charge in [0, 0.05) is 6.54 Å². The summed E-state index contributed by atoms with van der Waals surface area (Å²) >= 11 is 0. The van der Waals surface area contributed by atoms with Gasteiger partial charge in [-0.05, 0) is 25.2 Å². The Morgan fingerprint density at radius 2 is 1.38 bits per heavy atom. The number of ether oxygens (including phenoxy) is 1. The van der Waals surface area contributed by atoms with Gasteiger partial charge in [0.1, 0.15) is 6.10 Å². The number of benzene rings is 2. The van der Waals surface area contributed by atoms with Crippen LogP contribution in [0, 0.1) is 10.1 Å². The first kappa shape index (κ1) is 25.3. The molecule has 0 fully saturated rings. The Hall–Kier alpha value is -0.950. The summed E-state index contributed by atoms with van der Waals surface area (Å²) in [5, 5.41) is 9.00. The molecule has 0 aliphatic heterocycles. The van der Waals surface area contributed by atoms with Crippen molar-refractivity contribution in [2.75, 3.05) is 27.2 Å². The molecule has 2 rings (SSSR count). The Morgan fingerprint density at radius 3 is 1.71 bits per heavy atom. The summed E-state index contributed by atoms with van der Waals surface area (Å²) in [4.78, 5) is 10.1. The average Bonchev–Trinajstić information content (AvgIpc) is 2.54. The summed E-state index contributed by atoms with van der Waals surface area (Å²) in [6.07, 6.45) is 0.0161. The molecule has 24 heavy (non-hydrogen) atoms. The predicted molar refractivity (Wildman–Crippen MR) is 95.6 cm³/mol. The summed E-state index contributed by atoms with van der Waals surface area (Å²) < 4.78 is 6.08. The molecule has 2 aromatic carbocycles. The zero-order valence-electron chi connectivity index (χ0n) is 14.3. The topological polar surface area (TPSA) is 65.0 Å². The molecule has 0 saturated carbocycles. The van der Waals surface area contributed by atoms with E-state index in [1.807, 2.05) is 12.1 Å². The Balaban J connectivity index is 0. The van der Waals surface area contributed by atoms with Gasteiger partial charge < -0.3 is 19.8 Å². The summed E-state index contributed by atoms with van der Waals surface area (Å²) in [6.45, 7) is 1.65. The van der Waals surface area contributed by atoms with E-state index in [0.717, 1.165) is 18.5 Å². The monoisotopic (exact) mass is 360 g/mol. The van der Waals surface area contributed by atoms with Crippen molar-refractivity contribution < 1.29 is 34.3 Å². The Bertz CT molecular complexity index is 490. The van der Waals surface area contributed by atoms with Gasteiger partial charge in [-0.3, -0.25) is 0 Å². The second-order valence-corrected chi connectivity index (χ2v) is 4.95. The minimum atomic E-state index is 0. The van der Waals surface area contributed by atoms with Gasteiger partial charge in [-0.25, -0.2) is 0 Å². The van der Waals surface area contributed by atoms with E-state index < -0.39 is 0 Å². The zero-order valence-corrected chi connectivity index (χ0v) is 17.1. The number of halogens is 1. The molecular weight excluding hydrogens is 339 g/mol. The van der Waals surface area contributed by atoms with E-state index in [1.165, 1.54) is 11.1 Å². The van der Waals surface area contributed by atoms with Crippen molar-refractivity contribution in [3.63, 3.8) is 0 Å². The number of hydrogen-bond acceptors (Lipinski definition) is 5. The van der Waals surface area contributed by atoms with Gasteiger partial charge >= 0.3 is 29.6 Å². The minimum Gasteiger partial charge on any atom is -0.444 e. The number of nitrogens with zero attached hydrogens (tertiary/aromatic N) is 2. The number of hydrogen-bond donors (Lipinski definition) is 0. The van der Waals surface area contributed by atoms with Crippen LogP contribution in [0.3, 0.4) is 0 Å². The molecule has 0 unspecified atom stereocenters. The molecule has 0 spiro atoms. The van der Waals surface area contributed by atoms with Crippen LogP contribution in [-0.4, -0.2) is 32.1 Å². The maximum Gasteiger partial charge on any atom is 1.00 e. The Labute approximate surface area is 171 Å². The molecule has 0 aromatic heterocycles. The fraction of sp³-hybridized carbons (Fsp3) is 0.294. The molecule has 0 N–H and O–H groups in total. The van der Waals surface area contributed by atoms with E-state index >= 15 is 0 Å². The van der Waals surface area contributed by atoms with Gasteiger partial charge in [0.2, 0.25) is 0 Å². The van der Waals surface area contributed by atoms with E-state index in [1.54, 1.807) is 0 Å². The normalized spacial score (nSPS) is 9.33. The molecule has 0 aliphatic rings. The van der Waals surface area contributed by atoms with E-state index in [2.05, 4.69) is 67.5 Å². The van der Waals surface area contributed by atoms with Crippen LogP contribution < -0.4 is 29.6 Å². The SMILES string of the molecule is CN(C)CCOC(c1ccccc1)c1ccccc1.Cl.O=N[O-].[Na+]. The van der Waals surface area contributed by atoms with Crippen LogP contribution in [0.15, 0.2) is 66.0 Å². The summed E-state index contributed by atoms with van der Waals surface area (Å²) in [6, 6.07) is 20.8. The van der Waals surface area contributed by atoms with Crippen molar-refractivity contribution in [1.82, 2.24) is 4.90 Å². The minimum absolute atomic E-state index is 0. The fourth-order valence-electron chi connectivity index (χ4n) is 1.99. The zero-order chi connectivity index (χ0) is 16.2. The van der Waals surface area contributed by atoms with E-state index in [-0.39, 0.29) is 48.1 Å². The third-order valence-electron chi connectivity index (χ3n) is 3.03. The van der Waals surface area contributed by atoms with Crippen molar-refractivity contribution >= 4 is 12.4 Å². The van der Waals surface area contributed by atoms with Crippen LogP contribution in [0.1, 0.15) is 17.2 Å². The largest absolute Gasteiger partial charge is 1.00 e. The van der Waals surface area contributed by atoms with Crippen LogP contribution >= 0.6 is 12.4 Å². The Morgan fingerprint density at radius 1 is 1.00 bits per heavy atom. The van der Waals surface area contributed by atoms with Crippen molar-refractivity contribution in [2.45, 2.75) is 6.10 Å². The van der Waals surface area contributed by atoms with Crippen LogP contribution in [0.5, 0.6) is 0 Å². The molecule has 0 amide bonds. The van der Waals surface area contributed by atoms with Crippen molar-refractivity contribution in [3.8, 4) is 0 Å². The first-order chi connectivity index (χ1) is 10.7. The van der Waals surface area contributed by atoms with Crippen molar-refractivity contribution in [2.24, 2.45) is 5.34 Å². The quantitative estimate of drug-likeness (QED) is 0.438. The molecule has 0 heterocycles. The number of rotatable bonds is 6. The van der Waals surface area contributed by atoms with Gasteiger partial charge in [0.05, 0.1) is 6.61 Å². The first-order valence-corrected chi connectivity index (χ1v) is 7.00. The fourth-order valence-corrected chi connectivity index (χ4v) is 1.99. The maximum absolute atomic E-state index is 8.00. The molecular formula is C17H22ClN2NaO3. The van der Waals surface area contributed by atoms with Crippen LogP contribution in [0.2, 0.25) is 0 Å². The molecule has 0 bridgehead atoms. The standard InChI is InChI=1S/C17H21NO.ClH.HNO2.Na/c1-18(2)13-14-19-17(15-9-5-3-6-10-15)16-11-7-4-8-12-16;;2-1-3;/h3-12,17H,13-14H2,1-2H3;1H;(H,2,3);/q;;;+1/p-1. The van der Waals surface area contributed by atoms with Gasteiger partial charge in [-0.2, -0.15) is 0 Å². The molecule has 7 heteroatoms. The second kappa shape index (κ2) is 15.6. The van der Waals surface area contributed by atoms with Crippen LogP contribution in [0.25, 0.3) is 0 Å². The van der Waals surface area contributed by atoms with E-state index in [4.69, 9.17) is 14.9 Å². The number of likely N-dealkylation sites (N-methyl/N-ethyl adjacent to an activating group) is 1. The van der Waals surface area contributed by atoms with Crippen molar-refractivity contribution in [1.29, 1.82) is 0 Å². The molecule has 126 valence electrons. The third kappa shape index (κ3) is 10.0. The van der Waals surface area contributed by atoms with Crippen molar-refractivity contribution in [3.05, 3.63) is 81.9 Å². The molecule has 2 aromatic rings. The Kier molecular flexibility index (Phi) is 16.4. The first-order valence-electron chi connectivity index (χ1n) is 7.00. The summed E-state index contributed by atoms with van der Waals surface area (Å²) in [5.41, 5.74) is 2.40. The van der Waals surface area contributed by atoms with Crippen LogP contribution in [0.4, 0.5) is 0 Å². The molecule has 5 nitrogen and oxygen atoms in total. The van der Waals surface area contributed by atoms with E-state index in [0.29, 0.717) is 0 Å². The third-order valence-corrected chi connectivity index (χ3v) is 3.03. The summed E-state index contributed by atoms with van der Waals surface area (Å²) in [5.74, 6) is 0. The predicted octanol–water partition coefficient (Wildman–Crippen LogP) is 1.03. The van der Waals surface area contributed by atoms with Gasteiger partial charge in [0.25, 0.3) is 0 Å². The van der Waals surface area contributed by atoms with Gasteiger partial charge in [-0.15, -0.1) is 17.7 Å². The molecule has 0 radical (unpaired) electrons. The second-order valence-electron chi connectivity index (χ2n) is 4.95. The molecule has 0 atom stereocenters. The maximum atomic E-state index is 8.00. The van der Waals surface area contributed by atoms with Gasteiger partial charge in [-0.1, -0.05) is 60.7 Å². The average molecular weight is 361 g/mol. The van der Waals surface area contributed by atoms with Gasteiger partial charge in [0.15, 0.2) is 0 Å². The van der Waals surface area contributed by atoms with E-state index in [9.17, 15) is 0 Å². The summed E-state index contributed by atoms with van der Waals surface area (Å²) in [7, 11) is 4.12. The van der Waals surface area contributed by atoms with Crippen LogP contribution in [-0.2, 0) is 4.74 Å². The molecule has 0 aliphatic carbocycles.